The molecule has 0 aliphatic heterocycles. The minimum absolute atomic E-state index is 0.106. The molecule has 2 heterocycles. The first kappa shape index (κ1) is 24.7. The molecule has 2 aromatic carbocycles. The number of nitrogens with zero attached hydrogens (tertiary/aromatic N) is 3. The molecular weight excluding hydrogens is 467 g/mol. The molecule has 7 nitrogen and oxygen atoms in total. The fourth-order valence-electron chi connectivity index (χ4n) is 2.85. The summed E-state index contributed by atoms with van der Waals surface area (Å²) >= 11 is 0.299. The van der Waals surface area contributed by atoms with Gasteiger partial charge in [0.25, 0.3) is 0 Å². The monoisotopic (exact) mass is 485 g/mol. The number of pyridine rings is 1. The Morgan fingerprint density at radius 1 is 1.00 bits per heavy atom. The number of nitrogens with one attached hydrogen (secondary N) is 1. The van der Waals surface area contributed by atoms with Crippen LogP contribution in [-0.4, -0.2) is 30.8 Å². The molecule has 4 aromatic rings. The Morgan fingerprint density at radius 3 is 2.44 bits per heavy atom. The second-order valence-corrected chi connectivity index (χ2v) is 7.43. The normalized spacial score (nSPS) is 11.6. The lowest BCUT2D eigenvalue weighted by Crippen LogP contribution is -2.04. The van der Waals surface area contributed by atoms with Crippen molar-refractivity contribution in [1.82, 2.24) is 15.0 Å². The molecular formula is C23H18F3N5O2S. The molecule has 0 saturated carbocycles. The van der Waals surface area contributed by atoms with E-state index in [4.69, 9.17) is 15.7 Å². The predicted octanol–water partition coefficient (Wildman–Crippen LogP) is 5.62. The number of benzene rings is 2. The molecule has 0 unspecified atom stereocenters. The van der Waals surface area contributed by atoms with Gasteiger partial charge in [-0.25, -0.2) is 4.98 Å². The SMILES string of the molecule is N=C/C(=C\N)c1cnc2ccc(-c3cncc(O)c3)cc2n1.OSc1cccc(C(F)(F)F)c1. The second-order valence-electron chi connectivity index (χ2n) is 6.77. The number of aromatic nitrogens is 3. The summed E-state index contributed by atoms with van der Waals surface area (Å²) < 4.78 is 44.5. The highest BCUT2D eigenvalue weighted by Gasteiger charge is 2.30. The fraction of sp³-hybridized carbons (Fsp3) is 0.0435. The Kier molecular flexibility index (Phi) is 7.82. The van der Waals surface area contributed by atoms with E-state index in [0.717, 1.165) is 35.0 Å². The van der Waals surface area contributed by atoms with Gasteiger partial charge in [0, 0.05) is 46.7 Å². The lowest BCUT2D eigenvalue weighted by atomic mass is 10.1. The maximum absolute atomic E-state index is 12.0. The Morgan fingerprint density at radius 2 is 1.79 bits per heavy atom. The molecule has 0 atom stereocenters. The van der Waals surface area contributed by atoms with Crippen LogP contribution in [0.3, 0.4) is 0 Å². The molecule has 2 aromatic heterocycles. The molecule has 0 fully saturated rings. The van der Waals surface area contributed by atoms with Crippen molar-refractivity contribution in [2.75, 3.05) is 0 Å². The van der Waals surface area contributed by atoms with Crippen molar-refractivity contribution in [3.8, 4) is 16.9 Å². The van der Waals surface area contributed by atoms with Gasteiger partial charge in [0.1, 0.15) is 5.75 Å². The van der Waals surface area contributed by atoms with Crippen LogP contribution < -0.4 is 5.73 Å². The van der Waals surface area contributed by atoms with Gasteiger partial charge >= 0.3 is 6.18 Å². The van der Waals surface area contributed by atoms with Gasteiger partial charge in [-0.15, -0.1) is 0 Å². The standard InChI is InChI=1S/C16H13N5O.C7H5F3OS/c17-5-12(6-18)16-9-20-14-2-1-10(4-15(14)21-16)11-3-13(22)8-19-7-11;8-7(9,10)5-2-1-3-6(4-5)12-11/h1-9,17,22H,18H2;1-4,11H/b12-6+,17-5?;. The number of allylic oxidation sites excluding steroid dienone is 1. The molecule has 5 N–H and O–H groups in total. The van der Waals surface area contributed by atoms with Gasteiger partial charge in [-0.1, -0.05) is 12.1 Å². The van der Waals surface area contributed by atoms with E-state index in [1.54, 1.807) is 18.5 Å². The van der Waals surface area contributed by atoms with Crippen molar-refractivity contribution < 1.29 is 22.8 Å². The van der Waals surface area contributed by atoms with Crippen LogP contribution in [0.15, 0.2) is 78.2 Å². The molecule has 0 bridgehead atoms. The maximum atomic E-state index is 12.0. The van der Waals surface area contributed by atoms with Crippen LogP contribution in [0.4, 0.5) is 13.2 Å². The van der Waals surface area contributed by atoms with E-state index >= 15 is 0 Å². The van der Waals surface area contributed by atoms with Gasteiger partial charge < -0.3 is 20.8 Å². The average Bonchev–Trinajstić information content (AvgIpc) is 2.84. The Labute approximate surface area is 196 Å². The molecule has 11 heteroatoms. The van der Waals surface area contributed by atoms with Gasteiger partial charge in [0.15, 0.2) is 0 Å². The molecule has 4 rings (SSSR count). The summed E-state index contributed by atoms with van der Waals surface area (Å²) in [5, 5.41) is 16.9. The van der Waals surface area contributed by atoms with Crippen LogP contribution in [0.2, 0.25) is 0 Å². The zero-order valence-corrected chi connectivity index (χ0v) is 18.2. The zero-order valence-electron chi connectivity index (χ0n) is 17.4. The molecule has 0 aliphatic rings. The van der Waals surface area contributed by atoms with Crippen molar-refractivity contribution in [3.05, 3.63) is 84.6 Å². The number of nitrogens with two attached hydrogens (primary N) is 1. The van der Waals surface area contributed by atoms with E-state index in [1.165, 1.54) is 24.5 Å². The number of alkyl halides is 3. The van der Waals surface area contributed by atoms with Gasteiger partial charge in [0.05, 0.1) is 34.7 Å². The quantitative estimate of drug-likeness (QED) is 0.218. The largest absolute Gasteiger partial charge is 0.506 e. The number of hydrogen-bond acceptors (Lipinski definition) is 8. The first-order valence-corrected chi connectivity index (χ1v) is 10.3. The Bertz CT molecular complexity index is 1350. The minimum Gasteiger partial charge on any atom is -0.506 e. The highest BCUT2D eigenvalue weighted by molar-refractivity contribution is 7.93. The van der Waals surface area contributed by atoms with Crippen LogP contribution in [0.25, 0.3) is 27.7 Å². The molecule has 0 spiro atoms. The van der Waals surface area contributed by atoms with Gasteiger partial charge in [-0.2, -0.15) is 13.2 Å². The number of rotatable bonds is 4. The van der Waals surface area contributed by atoms with Gasteiger partial charge in [-0.05, 0) is 42.0 Å². The Balaban J connectivity index is 0.000000229. The van der Waals surface area contributed by atoms with Gasteiger partial charge in [-0.3, -0.25) is 9.97 Å². The third-order valence-corrected chi connectivity index (χ3v) is 4.96. The van der Waals surface area contributed by atoms with Crippen LogP contribution >= 0.6 is 12.0 Å². The van der Waals surface area contributed by atoms with Crippen molar-refractivity contribution >= 4 is 34.9 Å². The summed E-state index contributed by atoms with van der Waals surface area (Å²) in [6.07, 6.45) is 2.75. The van der Waals surface area contributed by atoms with E-state index in [0.29, 0.717) is 28.8 Å². The minimum atomic E-state index is -4.34. The van der Waals surface area contributed by atoms with E-state index in [1.807, 2.05) is 18.2 Å². The van der Waals surface area contributed by atoms with E-state index in [9.17, 15) is 18.3 Å². The number of fused-ring (bicyclic) bond motifs is 1. The van der Waals surface area contributed by atoms with Crippen LogP contribution in [-0.2, 0) is 6.18 Å². The van der Waals surface area contributed by atoms with Crippen molar-refractivity contribution in [2.45, 2.75) is 11.1 Å². The van der Waals surface area contributed by atoms with E-state index < -0.39 is 11.7 Å². The summed E-state index contributed by atoms with van der Waals surface area (Å²) in [5.41, 5.74) is 8.84. The summed E-state index contributed by atoms with van der Waals surface area (Å²) in [5.74, 6) is 0.106. The summed E-state index contributed by atoms with van der Waals surface area (Å²) in [4.78, 5) is 13.0. The lowest BCUT2D eigenvalue weighted by molar-refractivity contribution is -0.137. The van der Waals surface area contributed by atoms with Crippen LogP contribution in [0, 0.1) is 5.41 Å². The van der Waals surface area contributed by atoms with Crippen molar-refractivity contribution in [2.24, 2.45) is 5.73 Å². The average molecular weight is 485 g/mol. The third-order valence-electron chi connectivity index (χ3n) is 4.50. The summed E-state index contributed by atoms with van der Waals surface area (Å²) in [7, 11) is 0. The fourth-order valence-corrected chi connectivity index (χ4v) is 3.17. The summed E-state index contributed by atoms with van der Waals surface area (Å²) in [6, 6.07) is 11.7. The second kappa shape index (κ2) is 10.8. The third kappa shape index (κ3) is 6.09. The highest BCUT2D eigenvalue weighted by atomic mass is 32.2. The van der Waals surface area contributed by atoms with Gasteiger partial charge in [0.2, 0.25) is 0 Å². The molecule has 0 radical (unpaired) electrons. The number of hydrogen-bond donors (Lipinski definition) is 4. The van der Waals surface area contributed by atoms with Crippen molar-refractivity contribution in [3.63, 3.8) is 0 Å². The number of halogens is 3. The Hall–Kier alpha value is -3.96. The maximum Gasteiger partial charge on any atom is 0.416 e. The van der Waals surface area contributed by atoms with Crippen LogP contribution in [0.5, 0.6) is 5.75 Å². The molecule has 0 saturated heterocycles. The molecule has 0 amide bonds. The first-order valence-electron chi connectivity index (χ1n) is 9.57. The zero-order chi connectivity index (χ0) is 24.7. The van der Waals surface area contributed by atoms with E-state index in [-0.39, 0.29) is 10.6 Å². The molecule has 0 aliphatic carbocycles. The highest BCUT2D eigenvalue weighted by Crippen LogP contribution is 2.31. The smallest absolute Gasteiger partial charge is 0.416 e. The first-order chi connectivity index (χ1) is 16.2. The predicted molar refractivity (Wildman–Crippen MR) is 125 cm³/mol. The van der Waals surface area contributed by atoms with Crippen LogP contribution in [0.1, 0.15) is 11.3 Å². The topological polar surface area (TPSA) is 129 Å². The van der Waals surface area contributed by atoms with Crippen molar-refractivity contribution in [1.29, 1.82) is 5.41 Å². The summed E-state index contributed by atoms with van der Waals surface area (Å²) in [6.45, 7) is 0. The number of aromatic hydroxyl groups is 1. The van der Waals surface area contributed by atoms with E-state index in [2.05, 4.69) is 15.0 Å². The molecule has 34 heavy (non-hydrogen) atoms. The molecule has 174 valence electrons. The lowest BCUT2D eigenvalue weighted by Gasteiger charge is -2.06.